The summed E-state index contributed by atoms with van der Waals surface area (Å²) < 4.78 is 15.1. The average molecular weight is 504 g/mol. The summed E-state index contributed by atoms with van der Waals surface area (Å²) in [6.45, 7) is 11.2. The molecule has 0 unspecified atom stereocenters. The Kier molecular flexibility index (Phi) is 5.85. The molecule has 1 fully saturated rings. The van der Waals surface area contributed by atoms with E-state index >= 15 is 0 Å². The molecule has 4 heterocycles. The number of benzene rings is 1. The summed E-state index contributed by atoms with van der Waals surface area (Å²) in [4.78, 5) is 41.6. The van der Waals surface area contributed by atoms with Crippen LogP contribution in [-0.4, -0.2) is 71.4 Å². The van der Waals surface area contributed by atoms with E-state index in [-0.39, 0.29) is 34.6 Å². The summed E-state index contributed by atoms with van der Waals surface area (Å²) in [6, 6.07) is 8.13. The molecular weight excluding hydrogens is 473 g/mol. The van der Waals surface area contributed by atoms with E-state index in [1.54, 1.807) is 45.0 Å². The number of H-pyrrole nitrogens is 1. The van der Waals surface area contributed by atoms with Gasteiger partial charge in [-0.25, -0.2) is 18.9 Å². The summed E-state index contributed by atoms with van der Waals surface area (Å²) in [5, 5.41) is 4.70. The topological polar surface area (TPSA) is 99.5 Å². The lowest BCUT2D eigenvalue weighted by atomic mass is 9.87. The van der Waals surface area contributed by atoms with Crippen molar-refractivity contribution in [3.05, 3.63) is 71.8 Å². The lowest BCUT2D eigenvalue weighted by Gasteiger charge is -2.46. The molecule has 1 aliphatic heterocycles. The molecule has 9 nitrogen and oxygen atoms in total. The number of carbonyl (C=O) groups excluding carboxylic acids is 2. The highest BCUT2D eigenvalue weighted by Gasteiger charge is 2.40. The Labute approximate surface area is 214 Å². The number of halogens is 1. The number of hydrogen-bond donors (Lipinski definition) is 1. The van der Waals surface area contributed by atoms with Gasteiger partial charge in [0, 0.05) is 43.2 Å². The Morgan fingerprint density at radius 3 is 2.43 bits per heavy atom. The molecule has 2 amide bonds. The number of aromatic amines is 1. The molecule has 1 saturated heterocycles. The largest absolute Gasteiger partial charge is 0.341 e. The van der Waals surface area contributed by atoms with Crippen LogP contribution in [0, 0.1) is 5.82 Å². The van der Waals surface area contributed by atoms with Gasteiger partial charge >= 0.3 is 0 Å². The number of imidazole rings is 2. The van der Waals surface area contributed by atoms with Gasteiger partial charge in [0.25, 0.3) is 11.8 Å². The number of nitrogens with one attached hydrogen (secondary N) is 1. The van der Waals surface area contributed by atoms with E-state index in [2.05, 4.69) is 30.7 Å². The molecule has 37 heavy (non-hydrogen) atoms. The van der Waals surface area contributed by atoms with Crippen molar-refractivity contribution in [2.24, 2.45) is 0 Å². The number of hydrogen-bond acceptors (Lipinski definition) is 5. The zero-order chi connectivity index (χ0) is 26.5. The fourth-order valence-electron chi connectivity index (χ4n) is 4.77. The maximum absolute atomic E-state index is 13.7. The van der Waals surface area contributed by atoms with Crippen LogP contribution in [0.2, 0.25) is 0 Å². The molecule has 0 saturated carbocycles. The number of nitrogens with zero attached hydrogens (tertiary/aromatic N) is 6. The van der Waals surface area contributed by atoms with Gasteiger partial charge in [-0.2, -0.15) is 5.10 Å². The highest BCUT2D eigenvalue weighted by atomic mass is 19.1. The number of fused-ring (bicyclic) bond motifs is 1. The molecule has 1 aromatic carbocycles. The molecule has 3 aromatic heterocycles. The summed E-state index contributed by atoms with van der Waals surface area (Å²) in [5.41, 5.74) is 2.36. The van der Waals surface area contributed by atoms with Crippen LogP contribution >= 0.6 is 0 Å². The van der Waals surface area contributed by atoms with E-state index in [9.17, 15) is 14.0 Å². The number of piperazine rings is 1. The molecular formula is C27H30FN7O2. The summed E-state index contributed by atoms with van der Waals surface area (Å²) >= 11 is 0. The van der Waals surface area contributed by atoms with Gasteiger partial charge in [-0.05, 0) is 49.6 Å². The lowest BCUT2D eigenvalue weighted by molar-refractivity contribution is 0.0161. The maximum Gasteiger partial charge on any atom is 0.289 e. The average Bonchev–Trinajstić information content (AvgIpc) is 3.52. The normalized spacial score (nSPS) is 15.8. The van der Waals surface area contributed by atoms with E-state index in [1.165, 1.54) is 12.1 Å². The standard InChI is InChI=1S/C27H30FN7O2/c1-26(2,3)19-14-20(17-6-8-18(28)9-7-17)32-35-15-21(31-23(19)35)24(36)34-13-12-33(16-27(34,4)5)25(37)22-29-10-11-30-22/h6-11,14-15H,12-13,16H2,1-5H3,(H,29,30). The molecule has 10 heteroatoms. The first kappa shape index (κ1) is 24.6. The van der Waals surface area contributed by atoms with E-state index < -0.39 is 5.54 Å². The van der Waals surface area contributed by atoms with Crippen LogP contribution in [0.4, 0.5) is 4.39 Å². The van der Waals surface area contributed by atoms with Crippen molar-refractivity contribution in [2.75, 3.05) is 19.6 Å². The van der Waals surface area contributed by atoms with Gasteiger partial charge in [0.2, 0.25) is 0 Å². The van der Waals surface area contributed by atoms with Crippen molar-refractivity contribution in [3.8, 4) is 11.3 Å². The zero-order valence-electron chi connectivity index (χ0n) is 21.6. The third-order valence-electron chi connectivity index (χ3n) is 6.73. The Morgan fingerprint density at radius 2 is 1.81 bits per heavy atom. The summed E-state index contributed by atoms with van der Waals surface area (Å²) in [5.74, 6) is -0.437. The van der Waals surface area contributed by atoms with Crippen LogP contribution in [-0.2, 0) is 5.41 Å². The van der Waals surface area contributed by atoms with Gasteiger partial charge in [0.05, 0.1) is 17.4 Å². The molecule has 192 valence electrons. The minimum absolute atomic E-state index is 0.190. The molecule has 1 aliphatic rings. The van der Waals surface area contributed by atoms with E-state index in [0.29, 0.717) is 31.0 Å². The van der Waals surface area contributed by atoms with Crippen LogP contribution in [0.3, 0.4) is 0 Å². The third-order valence-corrected chi connectivity index (χ3v) is 6.73. The number of aromatic nitrogens is 5. The molecule has 1 N–H and O–H groups in total. The van der Waals surface area contributed by atoms with Gasteiger partial charge in [-0.1, -0.05) is 20.8 Å². The van der Waals surface area contributed by atoms with Crippen molar-refractivity contribution in [1.29, 1.82) is 0 Å². The van der Waals surface area contributed by atoms with E-state index in [0.717, 1.165) is 11.1 Å². The Bertz CT molecular complexity index is 1470. The fourth-order valence-corrected chi connectivity index (χ4v) is 4.77. The van der Waals surface area contributed by atoms with Crippen LogP contribution < -0.4 is 0 Å². The Balaban J connectivity index is 1.47. The highest BCUT2D eigenvalue weighted by molar-refractivity contribution is 5.94. The maximum atomic E-state index is 13.7. The molecule has 4 aromatic rings. The van der Waals surface area contributed by atoms with Gasteiger partial charge in [0.15, 0.2) is 11.5 Å². The Hall–Kier alpha value is -4.08. The first-order valence-electron chi connectivity index (χ1n) is 12.2. The van der Waals surface area contributed by atoms with Crippen molar-refractivity contribution in [3.63, 3.8) is 0 Å². The highest BCUT2D eigenvalue weighted by Crippen LogP contribution is 2.31. The second-order valence-electron chi connectivity index (χ2n) is 11.0. The fraction of sp³-hybridized carbons (Fsp3) is 0.370. The SMILES string of the molecule is CC(C)(C)c1cc(-c2ccc(F)cc2)nn2cc(C(=O)N3CCN(C(=O)c4ncc[nH]4)CC3(C)C)nc12. The van der Waals surface area contributed by atoms with Gasteiger partial charge in [-0.3, -0.25) is 9.59 Å². The molecule has 0 bridgehead atoms. The molecule has 0 atom stereocenters. The van der Waals surface area contributed by atoms with Crippen LogP contribution in [0.1, 0.15) is 61.3 Å². The smallest absolute Gasteiger partial charge is 0.289 e. The second kappa shape index (κ2) is 8.79. The monoisotopic (exact) mass is 503 g/mol. The van der Waals surface area contributed by atoms with Gasteiger partial charge < -0.3 is 14.8 Å². The van der Waals surface area contributed by atoms with Crippen molar-refractivity contribution in [2.45, 2.75) is 45.6 Å². The van der Waals surface area contributed by atoms with Crippen molar-refractivity contribution in [1.82, 2.24) is 34.4 Å². The van der Waals surface area contributed by atoms with Crippen LogP contribution in [0.15, 0.2) is 48.9 Å². The number of amides is 2. The predicted molar refractivity (Wildman–Crippen MR) is 137 cm³/mol. The van der Waals surface area contributed by atoms with Gasteiger partial charge in [-0.15, -0.1) is 0 Å². The van der Waals surface area contributed by atoms with Crippen LogP contribution in [0.25, 0.3) is 16.9 Å². The number of carbonyl (C=O) groups is 2. The quantitative estimate of drug-likeness (QED) is 0.457. The molecule has 0 spiro atoms. The predicted octanol–water partition coefficient (Wildman–Crippen LogP) is 3.93. The van der Waals surface area contributed by atoms with Crippen molar-refractivity contribution >= 4 is 17.5 Å². The van der Waals surface area contributed by atoms with Crippen LogP contribution in [0.5, 0.6) is 0 Å². The van der Waals surface area contributed by atoms with E-state index in [1.807, 2.05) is 19.9 Å². The second-order valence-corrected chi connectivity index (χ2v) is 11.0. The minimum atomic E-state index is -0.618. The third kappa shape index (κ3) is 4.59. The first-order valence-corrected chi connectivity index (χ1v) is 12.2. The summed E-state index contributed by atoms with van der Waals surface area (Å²) in [7, 11) is 0. The molecule has 5 rings (SSSR count). The molecule has 0 aliphatic carbocycles. The summed E-state index contributed by atoms with van der Waals surface area (Å²) in [6.07, 6.45) is 4.81. The lowest BCUT2D eigenvalue weighted by Crippen LogP contribution is -2.62. The van der Waals surface area contributed by atoms with Gasteiger partial charge in [0.1, 0.15) is 11.5 Å². The number of rotatable bonds is 3. The zero-order valence-corrected chi connectivity index (χ0v) is 21.6. The van der Waals surface area contributed by atoms with E-state index in [4.69, 9.17) is 10.1 Å². The minimum Gasteiger partial charge on any atom is -0.341 e. The Morgan fingerprint density at radius 1 is 1.08 bits per heavy atom. The molecule has 0 radical (unpaired) electrons. The first-order chi connectivity index (χ1) is 17.4. The van der Waals surface area contributed by atoms with Crippen molar-refractivity contribution < 1.29 is 14.0 Å².